The van der Waals surface area contributed by atoms with Gasteiger partial charge in [0.15, 0.2) is 0 Å². The number of carbonyl (C=O) groups excluding carboxylic acids is 2. The Bertz CT molecular complexity index is 554. The molecule has 2 aliphatic rings. The molecule has 5 heteroatoms. The van der Waals surface area contributed by atoms with E-state index in [9.17, 15) is 9.59 Å². The topological polar surface area (TPSA) is 61.4 Å². The number of carbonyl (C=O) groups is 2. The summed E-state index contributed by atoms with van der Waals surface area (Å²) in [6.45, 7) is 4.50. The highest BCUT2D eigenvalue weighted by Crippen LogP contribution is 2.30. The number of hydrogen-bond donors (Lipinski definition) is 2. The molecule has 1 aromatic rings. The molecule has 2 fully saturated rings. The molecule has 0 aliphatic carbocycles. The van der Waals surface area contributed by atoms with E-state index in [4.69, 9.17) is 0 Å². The van der Waals surface area contributed by atoms with Crippen LogP contribution >= 0.6 is 0 Å². The fraction of sp³-hybridized carbons (Fsp3) is 0.500. The highest BCUT2D eigenvalue weighted by molar-refractivity contribution is 6.02. The molecule has 2 saturated heterocycles. The molecule has 0 spiro atoms. The van der Waals surface area contributed by atoms with E-state index in [1.807, 2.05) is 31.2 Å². The first-order valence-corrected chi connectivity index (χ1v) is 7.58. The van der Waals surface area contributed by atoms with E-state index in [2.05, 4.69) is 10.6 Å². The predicted molar refractivity (Wildman–Crippen MR) is 82.2 cm³/mol. The summed E-state index contributed by atoms with van der Waals surface area (Å²) in [5.74, 6) is 0.549. The van der Waals surface area contributed by atoms with Crippen molar-refractivity contribution in [1.82, 2.24) is 5.32 Å². The van der Waals surface area contributed by atoms with E-state index >= 15 is 0 Å². The highest BCUT2D eigenvalue weighted by Gasteiger charge is 2.30. The Morgan fingerprint density at radius 2 is 2.14 bits per heavy atom. The van der Waals surface area contributed by atoms with E-state index in [0.29, 0.717) is 12.3 Å². The van der Waals surface area contributed by atoms with E-state index in [-0.39, 0.29) is 17.7 Å². The number of anilines is 2. The Morgan fingerprint density at radius 1 is 1.38 bits per heavy atom. The zero-order valence-electron chi connectivity index (χ0n) is 12.3. The van der Waals surface area contributed by atoms with Crippen molar-refractivity contribution in [2.75, 3.05) is 29.9 Å². The molecule has 3 rings (SSSR count). The van der Waals surface area contributed by atoms with Crippen LogP contribution in [0, 0.1) is 11.8 Å². The maximum Gasteiger partial charge on any atom is 0.227 e. The van der Waals surface area contributed by atoms with Crippen LogP contribution in [-0.4, -0.2) is 31.4 Å². The highest BCUT2D eigenvalue weighted by atomic mass is 16.2. The summed E-state index contributed by atoms with van der Waals surface area (Å²) in [5.41, 5.74) is 1.55. The van der Waals surface area contributed by atoms with Gasteiger partial charge in [-0.15, -0.1) is 0 Å². The van der Waals surface area contributed by atoms with Gasteiger partial charge in [-0.1, -0.05) is 19.1 Å². The van der Waals surface area contributed by atoms with Crippen molar-refractivity contribution in [1.29, 1.82) is 0 Å². The lowest BCUT2D eigenvalue weighted by atomic mass is 9.88. The third-order valence-corrected chi connectivity index (χ3v) is 4.46. The van der Waals surface area contributed by atoms with Crippen molar-refractivity contribution < 1.29 is 9.59 Å². The van der Waals surface area contributed by atoms with Gasteiger partial charge in [0.25, 0.3) is 0 Å². The molecular formula is C16H21N3O2. The Labute approximate surface area is 124 Å². The summed E-state index contributed by atoms with van der Waals surface area (Å²) in [6, 6.07) is 7.55. The van der Waals surface area contributed by atoms with Gasteiger partial charge in [-0.2, -0.15) is 0 Å². The smallest absolute Gasteiger partial charge is 0.227 e. The van der Waals surface area contributed by atoms with Crippen molar-refractivity contribution in [2.45, 2.75) is 19.8 Å². The summed E-state index contributed by atoms with van der Waals surface area (Å²) in [7, 11) is 0. The fourth-order valence-corrected chi connectivity index (χ4v) is 2.84. The second kappa shape index (κ2) is 5.85. The first kappa shape index (κ1) is 14.1. The molecule has 0 saturated carbocycles. The maximum atomic E-state index is 12.4. The number of nitrogens with one attached hydrogen (secondary N) is 2. The predicted octanol–water partition coefficient (Wildman–Crippen LogP) is 1.61. The number of rotatable bonds is 4. The average molecular weight is 287 g/mol. The van der Waals surface area contributed by atoms with Crippen molar-refractivity contribution in [3.05, 3.63) is 24.3 Å². The molecule has 0 bridgehead atoms. The Morgan fingerprint density at radius 3 is 2.76 bits per heavy atom. The van der Waals surface area contributed by atoms with Gasteiger partial charge in [-0.25, -0.2) is 0 Å². The Hall–Kier alpha value is -1.88. The van der Waals surface area contributed by atoms with Crippen molar-refractivity contribution in [3.63, 3.8) is 0 Å². The van der Waals surface area contributed by atoms with Crippen LogP contribution in [0.4, 0.5) is 11.4 Å². The number of benzene rings is 1. The Kier molecular flexibility index (Phi) is 3.92. The van der Waals surface area contributed by atoms with Gasteiger partial charge in [0, 0.05) is 18.9 Å². The van der Waals surface area contributed by atoms with Crippen molar-refractivity contribution in [3.8, 4) is 0 Å². The zero-order valence-corrected chi connectivity index (χ0v) is 12.3. The molecule has 1 unspecified atom stereocenters. The standard InChI is InChI=1S/C16H21N3O2/c1-11(12-9-17-10-12)16(21)18-13-5-2-3-6-14(13)19-8-4-7-15(19)20/h2-3,5-6,11-12,17H,4,7-10H2,1H3,(H,18,21). The minimum absolute atomic E-state index is 0.0198. The van der Waals surface area contributed by atoms with Crippen LogP contribution in [0.2, 0.25) is 0 Å². The van der Waals surface area contributed by atoms with Crippen molar-refractivity contribution in [2.24, 2.45) is 11.8 Å². The SMILES string of the molecule is CC(C(=O)Nc1ccccc1N1CCCC1=O)C1CNC1. The summed E-state index contributed by atoms with van der Waals surface area (Å²) < 4.78 is 0. The lowest BCUT2D eigenvalue weighted by Crippen LogP contribution is -2.48. The fourth-order valence-electron chi connectivity index (χ4n) is 2.84. The minimum atomic E-state index is -0.0198. The van der Waals surface area contributed by atoms with Crippen LogP contribution in [-0.2, 0) is 9.59 Å². The summed E-state index contributed by atoms with van der Waals surface area (Å²) in [6.07, 6.45) is 1.47. The van der Waals surface area contributed by atoms with Crippen LogP contribution in [0.3, 0.4) is 0 Å². The lowest BCUT2D eigenvalue weighted by molar-refractivity contribution is -0.121. The van der Waals surface area contributed by atoms with E-state index in [0.717, 1.165) is 37.4 Å². The maximum absolute atomic E-state index is 12.4. The van der Waals surface area contributed by atoms with Crippen LogP contribution < -0.4 is 15.5 Å². The lowest BCUT2D eigenvalue weighted by Gasteiger charge is -2.32. The van der Waals surface area contributed by atoms with Gasteiger partial charge in [0.05, 0.1) is 11.4 Å². The van der Waals surface area contributed by atoms with Gasteiger partial charge in [-0.05, 0) is 37.6 Å². The number of amides is 2. The summed E-state index contributed by atoms with van der Waals surface area (Å²) in [5, 5.41) is 6.19. The van der Waals surface area contributed by atoms with Gasteiger partial charge >= 0.3 is 0 Å². The van der Waals surface area contributed by atoms with Crippen LogP contribution in [0.15, 0.2) is 24.3 Å². The normalized spacial score (nSPS) is 20.2. The van der Waals surface area contributed by atoms with Gasteiger partial charge < -0.3 is 15.5 Å². The van der Waals surface area contributed by atoms with Gasteiger partial charge in [-0.3, -0.25) is 9.59 Å². The minimum Gasteiger partial charge on any atom is -0.324 e. The van der Waals surface area contributed by atoms with Crippen molar-refractivity contribution >= 4 is 23.2 Å². The van der Waals surface area contributed by atoms with Crippen LogP contribution in [0.25, 0.3) is 0 Å². The quantitative estimate of drug-likeness (QED) is 0.884. The second-order valence-corrected chi connectivity index (χ2v) is 5.86. The molecule has 0 aromatic heterocycles. The number of hydrogen-bond acceptors (Lipinski definition) is 3. The van der Waals surface area contributed by atoms with Gasteiger partial charge in [0.2, 0.25) is 11.8 Å². The zero-order chi connectivity index (χ0) is 14.8. The molecule has 0 radical (unpaired) electrons. The molecule has 1 atom stereocenters. The van der Waals surface area contributed by atoms with Gasteiger partial charge in [0.1, 0.15) is 0 Å². The molecule has 2 heterocycles. The van der Waals surface area contributed by atoms with Crippen LogP contribution in [0.1, 0.15) is 19.8 Å². The monoisotopic (exact) mass is 287 g/mol. The molecule has 2 N–H and O–H groups in total. The molecule has 2 amide bonds. The third-order valence-electron chi connectivity index (χ3n) is 4.46. The molecule has 5 nitrogen and oxygen atoms in total. The Balaban J connectivity index is 1.75. The van der Waals surface area contributed by atoms with E-state index in [1.54, 1.807) is 4.90 Å². The molecule has 1 aromatic carbocycles. The number of para-hydroxylation sites is 2. The molecule has 112 valence electrons. The average Bonchev–Trinajstić information content (AvgIpc) is 2.83. The first-order valence-electron chi connectivity index (χ1n) is 7.58. The third kappa shape index (κ3) is 2.78. The van der Waals surface area contributed by atoms with Crippen LogP contribution in [0.5, 0.6) is 0 Å². The summed E-state index contributed by atoms with van der Waals surface area (Å²) in [4.78, 5) is 26.0. The first-order chi connectivity index (χ1) is 10.2. The molecule has 2 aliphatic heterocycles. The second-order valence-electron chi connectivity index (χ2n) is 5.86. The molecular weight excluding hydrogens is 266 g/mol. The summed E-state index contributed by atoms with van der Waals surface area (Å²) >= 11 is 0. The molecule has 21 heavy (non-hydrogen) atoms. The largest absolute Gasteiger partial charge is 0.324 e. The number of nitrogens with zero attached hydrogens (tertiary/aromatic N) is 1. The van der Waals surface area contributed by atoms with E-state index < -0.39 is 0 Å². The van der Waals surface area contributed by atoms with E-state index in [1.165, 1.54) is 0 Å².